The number of carbonyl (C=O) groups is 2. The normalized spacial score (nSPS) is 15.1. The van der Waals surface area contributed by atoms with E-state index < -0.39 is 23.3 Å². The van der Waals surface area contributed by atoms with Crippen molar-refractivity contribution < 1.29 is 19.4 Å². The Labute approximate surface area is 132 Å². The number of rotatable bonds is 8. The summed E-state index contributed by atoms with van der Waals surface area (Å²) in [5, 5.41) is 9.65. The fraction of sp³-hybridized carbons (Fsp3) is 0.556. The Hall–Kier alpha value is -1.84. The molecule has 4 nitrogen and oxygen atoms in total. The Morgan fingerprint density at radius 2 is 1.77 bits per heavy atom. The van der Waals surface area contributed by atoms with E-state index in [1.165, 1.54) is 0 Å². The molecule has 1 aromatic carbocycles. The number of hydrogen-bond acceptors (Lipinski definition) is 3. The van der Waals surface area contributed by atoms with Crippen LogP contribution < -0.4 is 0 Å². The third-order valence-corrected chi connectivity index (χ3v) is 4.35. The zero-order valence-corrected chi connectivity index (χ0v) is 13.8. The predicted octanol–water partition coefficient (Wildman–Crippen LogP) is 3.55. The second kappa shape index (κ2) is 7.97. The molecule has 0 aliphatic carbocycles. The van der Waals surface area contributed by atoms with Gasteiger partial charge in [-0.3, -0.25) is 9.59 Å². The molecule has 0 radical (unpaired) electrons. The summed E-state index contributed by atoms with van der Waals surface area (Å²) in [5.74, 6) is -2.28. The lowest BCUT2D eigenvalue weighted by Crippen LogP contribution is -2.49. The maximum atomic E-state index is 12.7. The van der Waals surface area contributed by atoms with Gasteiger partial charge in [0.2, 0.25) is 0 Å². The Morgan fingerprint density at radius 3 is 2.18 bits per heavy atom. The van der Waals surface area contributed by atoms with Gasteiger partial charge in [-0.05, 0) is 31.2 Å². The molecule has 0 saturated heterocycles. The van der Waals surface area contributed by atoms with Crippen LogP contribution in [0.5, 0.6) is 0 Å². The van der Waals surface area contributed by atoms with Crippen LogP contribution in [0.1, 0.15) is 39.7 Å². The monoisotopic (exact) mass is 306 g/mol. The molecule has 0 bridgehead atoms. The first-order valence-corrected chi connectivity index (χ1v) is 7.84. The topological polar surface area (TPSA) is 63.6 Å². The number of aliphatic carboxylic acids is 1. The van der Waals surface area contributed by atoms with Crippen LogP contribution in [0, 0.1) is 17.3 Å². The number of benzene rings is 1. The number of carboxylic acids is 1. The van der Waals surface area contributed by atoms with Crippen molar-refractivity contribution in [3.05, 3.63) is 35.9 Å². The molecular weight excluding hydrogens is 280 g/mol. The average Bonchev–Trinajstić information content (AvgIpc) is 2.47. The van der Waals surface area contributed by atoms with E-state index in [-0.39, 0.29) is 12.5 Å². The summed E-state index contributed by atoms with van der Waals surface area (Å²) < 4.78 is 5.27. The molecule has 2 atom stereocenters. The van der Waals surface area contributed by atoms with Crippen molar-refractivity contribution in [3.8, 4) is 0 Å². The van der Waals surface area contributed by atoms with Crippen LogP contribution in [0.15, 0.2) is 30.3 Å². The second-order valence-corrected chi connectivity index (χ2v) is 5.88. The van der Waals surface area contributed by atoms with Gasteiger partial charge in [0.1, 0.15) is 0 Å². The maximum absolute atomic E-state index is 12.7. The molecular formula is C18H26O4. The largest absolute Gasteiger partial charge is 0.481 e. The van der Waals surface area contributed by atoms with E-state index in [0.29, 0.717) is 12.8 Å². The molecule has 0 aliphatic rings. The summed E-state index contributed by atoms with van der Waals surface area (Å²) in [6.45, 7) is 7.59. The van der Waals surface area contributed by atoms with E-state index in [9.17, 15) is 14.7 Å². The van der Waals surface area contributed by atoms with Gasteiger partial charge in [0.15, 0.2) is 0 Å². The number of carboxylic acid groups (broad SMARTS) is 1. The van der Waals surface area contributed by atoms with Crippen LogP contribution in [0.2, 0.25) is 0 Å². The summed E-state index contributed by atoms with van der Waals surface area (Å²) in [6.07, 6.45) is 0.758. The fourth-order valence-corrected chi connectivity index (χ4v) is 3.14. The van der Waals surface area contributed by atoms with E-state index in [1.807, 2.05) is 44.2 Å². The predicted molar refractivity (Wildman–Crippen MR) is 85.5 cm³/mol. The first-order chi connectivity index (χ1) is 10.4. The fourth-order valence-electron chi connectivity index (χ4n) is 3.14. The number of hydrogen-bond donors (Lipinski definition) is 1. The third-order valence-electron chi connectivity index (χ3n) is 4.35. The smallest absolute Gasteiger partial charge is 0.313 e. The highest BCUT2D eigenvalue weighted by Crippen LogP contribution is 2.42. The molecule has 1 aromatic rings. The third kappa shape index (κ3) is 3.67. The van der Waals surface area contributed by atoms with Crippen LogP contribution in [-0.4, -0.2) is 23.7 Å². The molecule has 1 N–H and O–H groups in total. The van der Waals surface area contributed by atoms with Crippen LogP contribution in [0.3, 0.4) is 0 Å². The van der Waals surface area contributed by atoms with Crippen molar-refractivity contribution in [2.24, 2.45) is 17.3 Å². The van der Waals surface area contributed by atoms with Gasteiger partial charge in [-0.2, -0.15) is 0 Å². The van der Waals surface area contributed by atoms with Crippen molar-refractivity contribution >= 4 is 11.9 Å². The van der Waals surface area contributed by atoms with Gasteiger partial charge < -0.3 is 9.84 Å². The van der Waals surface area contributed by atoms with Crippen LogP contribution >= 0.6 is 0 Å². The van der Waals surface area contributed by atoms with Gasteiger partial charge in [0.05, 0.1) is 17.9 Å². The van der Waals surface area contributed by atoms with Crippen molar-refractivity contribution in [1.29, 1.82) is 0 Å². The minimum atomic E-state index is -1.06. The highest BCUT2D eigenvalue weighted by Gasteiger charge is 2.51. The summed E-state index contributed by atoms with van der Waals surface area (Å²) in [7, 11) is 0. The van der Waals surface area contributed by atoms with Crippen LogP contribution in [0.25, 0.3) is 0 Å². The highest BCUT2D eigenvalue weighted by atomic mass is 16.5. The van der Waals surface area contributed by atoms with Gasteiger partial charge in [0.25, 0.3) is 0 Å². The van der Waals surface area contributed by atoms with Gasteiger partial charge >= 0.3 is 11.9 Å². The minimum absolute atomic E-state index is 0.146. The second-order valence-electron chi connectivity index (χ2n) is 5.88. The molecule has 0 amide bonds. The number of esters is 1. The Bertz CT molecular complexity index is 495. The Morgan fingerprint density at radius 1 is 1.18 bits per heavy atom. The molecule has 0 aliphatic heterocycles. The van der Waals surface area contributed by atoms with Crippen LogP contribution in [-0.2, 0) is 20.7 Å². The van der Waals surface area contributed by atoms with E-state index in [1.54, 1.807) is 13.8 Å². The molecule has 0 spiro atoms. The van der Waals surface area contributed by atoms with Crippen molar-refractivity contribution in [2.45, 2.75) is 40.5 Å². The average molecular weight is 306 g/mol. The lowest BCUT2D eigenvalue weighted by Gasteiger charge is -2.39. The van der Waals surface area contributed by atoms with Gasteiger partial charge in [-0.1, -0.05) is 51.1 Å². The Kier molecular flexibility index (Phi) is 6.60. The first kappa shape index (κ1) is 18.2. The summed E-state index contributed by atoms with van der Waals surface area (Å²) >= 11 is 0. The lowest BCUT2D eigenvalue weighted by molar-refractivity contribution is -0.171. The van der Waals surface area contributed by atoms with Crippen molar-refractivity contribution in [3.63, 3.8) is 0 Å². The van der Waals surface area contributed by atoms with Gasteiger partial charge in [-0.25, -0.2) is 0 Å². The Balaban J connectivity index is 3.37. The van der Waals surface area contributed by atoms with Gasteiger partial charge in [-0.15, -0.1) is 0 Å². The SMILES string of the molecule is CCOC(=O)C(Cc1ccccc1)(C(C)C)C(CC)C(=O)O. The zero-order valence-electron chi connectivity index (χ0n) is 13.8. The van der Waals surface area contributed by atoms with E-state index >= 15 is 0 Å². The van der Waals surface area contributed by atoms with E-state index in [4.69, 9.17) is 4.74 Å². The molecule has 0 fully saturated rings. The molecule has 0 saturated carbocycles. The van der Waals surface area contributed by atoms with Crippen molar-refractivity contribution in [1.82, 2.24) is 0 Å². The minimum Gasteiger partial charge on any atom is -0.481 e. The molecule has 0 heterocycles. The van der Waals surface area contributed by atoms with Gasteiger partial charge in [0, 0.05) is 0 Å². The zero-order chi connectivity index (χ0) is 16.8. The summed E-state index contributed by atoms with van der Waals surface area (Å²) in [4.78, 5) is 24.5. The molecule has 0 aromatic heterocycles. The highest BCUT2D eigenvalue weighted by molar-refractivity contribution is 5.85. The summed E-state index contributed by atoms with van der Waals surface area (Å²) in [6, 6.07) is 9.54. The quantitative estimate of drug-likeness (QED) is 0.746. The van der Waals surface area contributed by atoms with E-state index in [2.05, 4.69) is 0 Å². The molecule has 4 heteroatoms. The maximum Gasteiger partial charge on any atom is 0.313 e. The molecule has 2 unspecified atom stereocenters. The van der Waals surface area contributed by atoms with Crippen LogP contribution in [0.4, 0.5) is 0 Å². The summed E-state index contributed by atoms with van der Waals surface area (Å²) in [5.41, 5.74) is -0.109. The number of ether oxygens (including phenoxy) is 1. The standard InChI is InChI=1S/C18H26O4/c1-5-15(16(19)20)18(13(3)4,17(21)22-6-2)12-14-10-8-7-9-11-14/h7-11,13,15H,5-6,12H2,1-4H3,(H,19,20). The van der Waals surface area contributed by atoms with Crippen molar-refractivity contribution in [2.75, 3.05) is 6.61 Å². The first-order valence-electron chi connectivity index (χ1n) is 7.84. The lowest BCUT2D eigenvalue weighted by atomic mass is 9.63. The molecule has 122 valence electrons. The molecule has 22 heavy (non-hydrogen) atoms. The number of carbonyl (C=O) groups excluding carboxylic acids is 1. The molecule has 1 rings (SSSR count). The van der Waals surface area contributed by atoms with E-state index in [0.717, 1.165) is 5.56 Å².